The molecule has 3 aromatic carbocycles. The summed E-state index contributed by atoms with van der Waals surface area (Å²) in [7, 11) is 0. The van der Waals surface area contributed by atoms with Gasteiger partial charge < -0.3 is 14.7 Å². The summed E-state index contributed by atoms with van der Waals surface area (Å²) < 4.78 is 7.06. The first kappa shape index (κ1) is 21.6. The number of thiazole rings is 1. The number of carboxylic acids is 1. The number of rotatable bonds is 7. The zero-order valence-corrected chi connectivity index (χ0v) is 19.1. The standard InChI is InChI=1S/C27H26N2O3S/c30-25(31)27(21-6-2-1-3-7-21)15-18-29(19-16-27)17-14-20-10-12-22(13-11-20)32-26-28-23-8-4-5-9-24(23)33-26/h1-13H,14-19H2,(H,30,31). The molecule has 0 aliphatic carbocycles. The number of para-hydroxylation sites is 1. The van der Waals surface area contributed by atoms with E-state index in [1.807, 2.05) is 66.7 Å². The minimum atomic E-state index is -0.766. The third-order valence-electron chi connectivity index (χ3n) is 6.56. The van der Waals surface area contributed by atoms with Crippen molar-refractivity contribution in [3.8, 4) is 10.9 Å². The van der Waals surface area contributed by atoms with Crippen LogP contribution < -0.4 is 4.74 Å². The first-order valence-corrected chi connectivity index (χ1v) is 12.1. The molecule has 5 rings (SSSR count). The van der Waals surface area contributed by atoms with Crippen molar-refractivity contribution in [1.29, 1.82) is 0 Å². The van der Waals surface area contributed by atoms with Crippen LogP contribution in [-0.4, -0.2) is 40.6 Å². The van der Waals surface area contributed by atoms with Gasteiger partial charge in [0.2, 0.25) is 0 Å². The van der Waals surface area contributed by atoms with Gasteiger partial charge in [0, 0.05) is 6.54 Å². The van der Waals surface area contributed by atoms with Crippen LogP contribution in [0.15, 0.2) is 78.9 Å². The highest BCUT2D eigenvalue weighted by Crippen LogP contribution is 2.36. The van der Waals surface area contributed by atoms with E-state index in [4.69, 9.17) is 4.74 Å². The minimum Gasteiger partial charge on any atom is -0.481 e. The number of piperidine rings is 1. The van der Waals surface area contributed by atoms with E-state index in [9.17, 15) is 9.90 Å². The Balaban J connectivity index is 1.16. The Kier molecular flexibility index (Phi) is 6.11. The highest BCUT2D eigenvalue weighted by atomic mass is 32.1. The number of aromatic nitrogens is 1. The van der Waals surface area contributed by atoms with Crippen LogP contribution in [0.25, 0.3) is 10.2 Å². The Labute approximate surface area is 197 Å². The average Bonchev–Trinajstić information content (AvgIpc) is 3.27. The fraction of sp³-hybridized carbons (Fsp3) is 0.259. The maximum absolute atomic E-state index is 12.1. The number of hydrogen-bond acceptors (Lipinski definition) is 5. The summed E-state index contributed by atoms with van der Waals surface area (Å²) in [6.07, 6.45) is 2.20. The summed E-state index contributed by atoms with van der Waals surface area (Å²) in [4.78, 5) is 19.0. The van der Waals surface area contributed by atoms with Gasteiger partial charge >= 0.3 is 5.97 Å². The molecule has 0 spiro atoms. The van der Waals surface area contributed by atoms with Gasteiger partial charge in [-0.25, -0.2) is 4.98 Å². The van der Waals surface area contributed by atoms with Crippen molar-refractivity contribution in [2.45, 2.75) is 24.7 Å². The third kappa shape index (κ3) is 4.63. The fourth-order valence-electron chi connectivity index (χ4n) is 4.55. The van der Waals surface area contributed by atoms with Gasteiger partial charge in [-0.05, 0) is 67.7 Å². The molecule has 0 atom stereocenters. The molecule has 0 unspecified atom stereocenters. The first-order chi connectivity index (χ1) is 16.1. The second-order valence-electron chi connectivity index (χ2n) is 8.54. The molecule has 4 aromatic rings. The van der Waals surface area contributed by atoms with Gasteiger partial charge in [0.25, 0.3) is 5.19 Å². The highest BCUT2D eigenvalue weighted by Gasteiger charge is 2.42. The normalized spacial score (nSPS) is 16.0. The highest BCUT2D eigenvalue weighted by molar-refractivity contribution is 7.20. The zero-order chi connectivity index (χ0) is 22.7. The number of likely N-dealkylation sites (tertiary alicyclic amines) is 1. The second-order valence-corrected chi connectivity index (χ2v) is 9.53. The summed E-state index contributed by atoms with van der Waals surface area (Å²) in [5.41, 5.74) is 2.35. The molecule has 2 heterocycles. The molecular weight excluding hydrogens is 432 g/mol. The van der Waals surface area contributed by atoms with Crippen LogP contribution >= 0.6 is 11.3 Å². The number of carboxylic acid groups (broad SMARTS) is 1. The molecule has 0 amide bonds. The van der Waals surface area contributed by atoms with E-state index in [1.165, 1.54) is 5.56 Å². The summed E-state index contributed by atoms with van der Waals surface area (Å²) in [5.74, 6) is 0.0712. The van der Waals surface area contributed by atoms with Crippen molar-refractivity contribution in [2.24, 2.45) is 0 Å². The predicted octanol–water partition coefficient (Wildman–Crippen LogP) is 5.75. The molecule has 1 N–H and O–H groups in total. The molecular formula is C27H26N2O3S. The molecule has 6 heteroatoms. The molecule has 5 nitrogen and oxygen atoms in total. The molecule has 1 aliphatic rings. The SMILES string of the molecule is O=C(O)C1(c2ccccc2)CCN(CCc2ccc(Oc3nc4ccccc4s3)cc2)CC1. The molecule has 1 saturated heterocycles. The van der Waals surface area contributed by atoms with Gasteiger partial charge in [0.05, 0.1) is 15.6 Å². The molecule has 1 fully saturated rings. The lowest BCUT2D eigenvalue weighted by atomic mass is 9.73. The lowest BCUT2D eigenvalue weighted by Gasteiger charge is -2.39. The number of fused-ring (bicyclic) bond motifs is 1. The Bertz CT molecular complexity index is 1200. The van der Waals surface area contributed by atoms with Crippen molar-refractivity contribution in [1.82, 2.24) is 9.88 Å². The fourth-order valence-corrected chi connectivity index (χ4v) is 5.38. The van der Waals surface area contributed by atoms with Gasteiger partial charge in [-0.15, -0.1) is 0 Å². The summed E-state index contributed by atoms with van der Waals surface area (Å²) >= 11 is 1.54. The Hall–Kier alpha value is -3.22. The summed E-state index contributed by atoms with van der Waals surface area (Å²) in [5, 5.41) is 10.6. The Morgan fingerprint density at radius 3 is 2.36 bits per heavy atom. The van der Waals surface area contributed by atoms with Gasteiger partial charge in [0.1, 0.15) is 5.75 Å². The molecule has 33 heavy (non-hydrogen) atoms. The monoisotopic (exact) mass is 458 g/mol. The zero-order valence-electron chi connectivity index (χ0n) is 18.3. The largest absolute Gasteiger partial charge is 0.481 e. The van der Waals surface area contributed by atoms with Crippen molar-refractivity contribution in [3.63, 3.8) is 0 Å². The first-order valence-electron chi connectivity index (χ1n) is 11.3. The van der Waals surface area contributed by atoms with Crippen molar-refractivity contribution in [2.75, 3.05) is 19.6 Å². The van der Waals surface area contributed by atoms with Crippen LogP contribution in [0, 0.1) is 0 Å². The lowest BCUT2D eigenvalue weighted by molar-refractivity contribution is -0.146. The van der Waals surface area contributed by atoms with Crippen LogP contribution in [0.4, 0.5) is 0 Å². The molecule has 1 aromatic heterocycles. The van der Waals surface area contributed by atoms with E-state index >= 15 is 0 Å². The molecule has 0 radical (unpaired) electrons. The molecule has 168 valence electrons. The van der Waals surface area contributed by atoms with Gasteiger partial charge in [0.15, 0.2) is 0 Å². The molecule has 0 bridgehead atoms. The number of ether oxygens (including phenoxy) is 1. The quantitative estimate of drug-likeness (QED) is 0.382. The average molecular weight is 459 g/mol. The van der Waals surface area contributed by atoms with Crippen LogP contribution in [-0.2, 0) is 16.6 Å². The van der Waals surface area contributed by atoms with Gasteiger partial charge in [-0.1, -0.05) is 65.9 Å². The predicted molar refractivity (Wildman–Crippen MR) is 131 cm³/mol. The number of carbonyl (C=O) groups is 1. The van der Waals surface area contributed by atoms with E-state index in [1.54, 1.807) is 11.3 Å². The lowest BCUT2D eigenvalue weighted by Crippen LogP contribution is -2.47. The molecule has 1 aliphatic heterocycles. The number of aliphatic carboxylic acids is 1. The van der Waals surface area contributed by atoms with E-state index in [-0.39, 0.29) is 0 Å². The number of hydrogen-bond donors (Lipinski definition) is 1. The molecule has 0 saturated carbocycles. The van der Waals surface area contributed by atoms with E-state index in [0.29, 0.717) is 18.0 Å². The van der Waals surface area contributed by atoms with E-state index in [2.05, 4.69) is 22.0 Å². The van der Waals surface area contributed by atoms with Gasteiger partial charge in [-0.2, -0.15) is 0 Å². The maximum Gasteiger partial charge on any atom is 0.314 e. The van der Waals surface area contributed by atoms with E-state index < -0.39 is 11.4 Å². The Morgan fingerprint density at radius 1 is 0.970 bits per heavy atom. The van der Waals surface area contributed by atoms with Crippen LogP contribution in [0.5, 0.6) is 10.9 Å². The van der Waals surface area contributed by atoms with Crippen molar-refractivity contribution in [3.05, 3.63) is 90.0 Å². The van der Waals surface area contributed by atoms with Crippen LogP contribution in [0.3, 0.4) is 0 Å². The maximum atomic E-state index is 12.1. The second kappa shape index (κ2) is 9.33. The summed E-state index contributed by atoms with van der Waals surface area (Å²) in [6.45, 7) is 2.50. The number of benzene rings is 3. The van der Waals surface area contributed by atoms with Crippen molar-refractivity contribution < 1.29 is 14.6 Å². The smallest absolute Gasteiger partial charge is 0.314 e. The van der Waals surface area contributed by atoms with Crippen LogP contribution in [0.1, 0.15) is 24.0 Å². The number of nitrogens with zero attached hydrogens (tertiary/aromatic N) is 2. The van der Waals surface area contributed by atoms with Gasteiger partial charge in [-0.3, -0.25) is 4.79 Å². The Morgan fingerprint density at radius 2 is 1.67 bits per heavy atom. The van der Waals surface area contributed by atoms with Crippen molar-refractivity contribution >= 4 is 27.5 Å². The van der Waals surface area contributed by atoms with Crippen LogP contribution in [0.2, 0.25) is 0 Å². The minimum absolute atomic E-state index is 0.640. The topological polar surface area (TPSA) is 62.7 Å². The van der Waals surface area contributed by atoms with E-state index in [0.717, 1.165) is 47.6 Å². The third-order valence-corrected chi connectivity index (χ3v) is 7.48. The summed E-state index contributed by atoms with van der Waals surface area (Å²) in [6, 6.07) is 25.9.